The summed E-state index contributed by atoms with van der Waals surface area (Å²) < 4.78 is 0. The molecule has 21 heavy (non-hydrogen) atoms. The molecule has 1 aromatic heterocycles. The molecule has 4 heteroatoms. The van der Waals surface area contributed by atoms with Crippen LogP contribution in [0.25, 0.3) is 10.9 Å². The summed E-state index contributed by atoms with van der Waals surface area (Å²) in [5, 5.41) is 4.02. The second kappa shape index (κ2) is 5.72. The number of rotatable bonds is 2. The largest absolute Gasteiger partial charge is 0.384 e. The van der Waals surface area contributed by atoms with Crippen LogP contribution in [0.5, 0.6) is 0 Å². The first-order chi connectivity index (χ1) is 10.1. The maximum Gasteiger partial charge on any atom is 0.252 e. The molecule has 1 amide bonds. The first-order valence-electron chi connectivity index (χ1n) is 7.59. The van der Waals surface area contributed by atoms with Gasteiger partial charge in [-0.3, -0.25) is 4.79 Å². The Morgan fingerprint density at radius 1 is 1.33 bits per heavy atom. The highest BCUT2D eigenvalue weighted by Gasteiger charge is 2.22. The highest BCUT2D eigenvalue weighted by molar-refractivity contribution is 6.07. The molecular formula is C17H21N3O. The minimum Gasteiger partial charge on any atom is -0.384 e. The molecule has 1 aliphatic carbocycles. The number of hydrogen-bond donors (Lipinski definition) is 2. The monoisotopic (exact) mass is 283 g/mol. The summed E-state index contributed by atoms with van der Waals surface area (Å²) in [6.45, 7) is 2.25. The molecule has 2 unspecified atom stereocenters. The van der Waals surface area contributed by atoms with Crippen molar-refractivity contribution in [1.29, 1.82) is 0 Å². The van der Waals surface area contributed by atoms with Crippen LogP contribution in [0.15, 0.2) is 30.3 Å². The van der Waals surface area contributed by atoms with E-state index in [1.54, 1.807) is 6.07 Å². The zero-order valence-electron chi connectivity index (χ0n) is 12.3. The molecule has 1 aromatic carbocycles. The fourth-order valence-electron chi connectivity index (χ4n) is 3.21. The van der Waals surface area contributed by atoms with Crippen molar-refractivity contribution in [3.63, 3.8) is 0 Å². The first kappa shape index (κ1) is 13.9. The molecule has 3 rings (SSSR count). The second-order valence-corrected chi connectivity index (χ2v) is 6.05. The van der Waals surface area contributed by atoms with Gasteiger partial charge in [-0.2, -0.15) is 0 Å². The third-order valence-corrected chi connectivity index (χ3v) is 4.25. The van der Waals surface area contributed by atoms with E-state index in [0.717, 1.165) is 23.7 Å². The van der Waals surface area contributed by atoms with Gasteiger partial charge in [0.2, 0.25) is 0 Å². The maximum atomic E-state index is 12.6. The summed E-state index contributed by atoms with van der Waals surface area (Å²) in [7, 11) is 0. The number of nitrogens with one attached hydrogen (secondary N) is 1. The molecule has 110 valence electrons. The van der Waals surface area contributed by atoms with Gasteiger partial charge >= 0.3 is 0 Å². The van der Waals surface area contributed by atoms with Crippen LogP contribution in [0, 0.1) is 5.92 Å². The number of carbonyl (C=O) groups excluding carboxylic acids is 1. The molecule has 3 N–H and O–H groups in total. The Bertz CT molecular complexity index is 668. The van der Waals surface area contributed by atoms with Gasteiger partial charge in [-0.05, 0) is 30.9 Å². The molecule has 0 bridgehead atoms. The molecule has 1 fully saturated rings. The Morgan fingerprint density at radius 3 is 2.95 bits per heavy atom. The van der Waals surface area contributed by atoms with Gasteiger partial charge in [0.05, 0.1) is 11.1 Å². The van der Waals surface area contributed by atoms with Gasteiger partial charge in [-0.1, -0.05) is 38.0 Å². The Labute approximate surface area is 124 Å². The van der Waals surface area contributed by atoms with E-state index in [2.05, 4.69) is 17.2 Å². The van der Waals surface area contributed by atoms with E-state index in [9.17, 15) is 4.79 Å². The van der Waals surface area contributed by atoms with E-state index in [4.69, 9.17) is 5.73 Å². The molecule has 1 heterocycles. The Morgan fingerprint density at radius 2 is 2.14 bits per heavy atom. The number of fused-ring (bicyclic) bond motifs is 1. The van der Waals surface area contributed by atoms with Gasteiger partial charge < -0.3 is 11.1 Å². The molecular weight excluding hydrogens is 262 g/mol. The van der Waals surface area contributed by atoms with Crippen molar-refractivity contribution in [2.75, 3.05) is 5.73 Å². The van der Waals surface area contributed by atoms with E-state index in [1.807, 2.05) is 24.3 Å². The lowest BCUT2D eigenvalue weighted by molar-refractivity contribution is 0.0923. The zero-order chi connectivity index (χ0) is 14.8. The van der Waals surface area contributed by atoms with Gasteiger partial charge in [0.1, 0.15) is 5.82 Å². The van der Waals surface area contributed by atoms with Crippen LogP contribution in [0.3, 0.4) is 0 Å². The van der Waals surface area contributed by atoms with Crippen molar-refractivity contribution in [3.05, 3.63) is 35.9 Å². The SMILES string of the molecule is CC1CCCC(NC(=O)c2cc(N)nc3ccccc23)C1. The average molecular weight is 283 g/mol. The average Bonchev–Trinajstić information content (AvgIpc) is 2.46. The van der Waals surface area contributed by atoms with E-state index in [1.165, 1.54) is 12.8 Å². The van der Waals surface area contributed by atoms with Crippen molar-refractivity contribution >= 4 is 22.6 Å². The topological polar surface area (TPSA) is 68.0 Å². The van der Waals surface area contributed by atoms with Gasteiger partial charge in [-0.15, -0.1) is 0 Å². The van der Waals surface area contributed by atoms with Crippen LogP contribution in [0.4, 0.5) is 5.82 Å². The fourth-order valence-corrected chi connectivity index (χ4v) is 3.21. The van der Waals surface area contributed by atoms with E-state index >= 15 is 0 Å². The number of nitrogens with two attached hydrogens (primary N) is 1. The second-order valence-electron chi connectivity index (χ2n) is 6.05. The number of amides is 1. The van der Waals surface area contributed by atoms with Gasteiger partial charge in [0.15, 0.2) is 0 Å². The number of aromatic nitrogens is 1. The summed E-state index contributed by atoms with van der Waals surface area (Å²) in [6, 6.07) is 9.56. The van der Waals surface area contributed by atoms with Crippen molar-refractivity contribution in [2.24, 2.45) is 5.92 Å². The summed E-state index contributed by atoms with van der Waals surface area (Å²) >= 11 is 0. The number of hydrogen-bond acceptors (Lipinski definition) is 3. The van der Waals surface area contributed by atoms with Gasteiger partial charge in [0, 0.05) is 11.4 Å². The molecule has 0 saturated heterocycles. The molecule has 0 aliphatic heterocycles. The number of nitrogen functional groups attached to an aromatic ring is 1. The number of carbonyl (C=O) groups is 1. The lowest BCUT2D eigenvalue weighted by Crippen LogP contribution is -2.38. The smallest absolute Gasteiger partial charge is 0.252 e. The van der Waals surface area contributed by atoms with Crippen LogP contribution in [-0.2, 0) is 0 Å². The minimum absolute atomic E-state index is 0.0422. The van der Waals surface area contributed by atoms with E-state index in [-0.39, 0.29) is 11.9 Å². The Balaban J connectivity index is 1.87. The summed E-state index contributed by atoms with van der Waals surface area (Å²) in [5.74, 6) is 1.03. The third kappa shape index (κ3) is 2.99. The molecule has 2 atom stereocenters. The summed E-state index contributed by atoms with van der Waals surface area (Å²) in [5.41, 5.74) is 7.21. The molecule has 0 radical (unpaired) electrons. The predicted molar refractivity (Wildman–Crippen MR) is 85.0 cm³/mol. The van der Waals surface area contributed by atoms with Crippen LogP contribution in [0.1, 0.15) is 43.0 Å². The number of para-hydroxylation sites is 1. The van der Waals surface area contributed by atoms with Crippen LogP contribution >= 0.6 is 0 Å². The van der Waals surface area contributed by atoms with Crippen LogP contribution < -0.4 is 11.1 Å². The minimum atomic E-state index is -0.0422. The summed E-state index contributed by atoms with van der Waals surface area (Å²) in [4.78, 5) is 16.9. The molecule has 2 aromatic rings. The van der Waals surface area contributed by atoms with Crippen LogP contribution in [-0.4, -0.2) is 16.9 Å². The standard InChI is InChI=1S/C17H21N3O/c1-11-5-4-6-12(9-11)19-17(21)14-10-16(18)20-15-8-3-2-7-13(14)15/h2-3,7-8,10-12H,4-6,9H2,1H3,(H2,18,20)(H,19,21). The highest BCUT2D eigenvalue weighted by atomic mass is 16.1. The zero-order valence-corrected chi connectivity index (χ0v) is 12.3. The number of pyridine rings is 1. The summed E-state index contributed by atoms with van der Waals surface area (Å²) in [6.07, 6.45) is 4.57. The highest BCUT2D eigenvalue weighted by Crippen LogP contribution is 2.25. The number of nitrogens with zero attached hydrogens (tertiary/aromatic N) is 1. The van der Waals surface area contributed by atoms with E-state index < -0.39 is 0 Å². The first-order valence-corrected chi connectivity index (χ1v) is 7.59. The maximum absolute atomic E-state index is 12.6. The molecule has 1 aliphatic rings. The lowest BCUT2D eigenvalue weighted by Gasteiger charge is -2.27. The van der Waals surface area contributed by atoms with Crippen LogP contribution in [0.2, 0.25) is 0 Å². The Hall–Kier alpha value is -2.10. The molecule has 0 spiro atoms. The fraction of sp³-hybridized carbons (Fsp3) is 0.412. The van der Waals surface area contributed by atoms with Crippen molar-refractivity contribution in [1.82, 2.24) is 10.3 Å². The van der Waals surface area contributed by atoms with E-state index in [0.29, 0.717) is 17.3 Å². The van der Waals surface area contributed by atoms with Crippen molar-refractivity contribution < 1.29 is 4.79 Å². The molecule has 1 saturated carbocycles. The third-order valence-electron chi connectivity index (χ3n) is 4.25. The Kier molecular flexibility index (Phi) is 3.78. The quantitative estimate of drug-likeness (QED) is 0.889. The normalized spacial score (nSPS) is 22.1. The predicted octanol–water partition coefficient (Wildman–Crippen LogP) is 3.13. The lowest BCUT2D eigenvalue weighted by atomic mass is 9.87. The van der Waals surface area contributed by atoms with Gasteiger partial charge in [0.25, 0.3) is 5.91 Å². The van der Waals surface area contributed by atoms with Crippen molar-refractivity contribution in [3.8, 4) is 0 Å². The number of benzene rings is 1. The van der Waals surface area contributed by atoms with Gasteiger partial charge in [-0.25, -0.2) is 4.98 Å². The molecule has 4 nitrogen and oxygen atoms in total. The number of anilines is 1. The van der Waals surface area contributed by atoms with Crippen molar-refractivity contribution in [2.45, 2.75) is 38.6 Å².